The number of nitrogens with zero attached hydrogens (tertiary/aromatic N) is 2. The lowest BCUT2D eigenvalue weighted by atomic mass is 10.2. The fourth-order valence-electron chi connectivity index (χ4n) is 1.37. The molecule has 0 aliphatic heterocycles. The Kier molecular flexibility index (Phi) is 3.23. The van der Waals surface area contributed by atoms with Crippen LogP contribution in [0.15, 0.2) is 30.5 Å². The average Bonchev–Trinajstić information content (AvgIpc) is 2.35. The van der Waals surface area contributed by atoms with Crippen LogP contribution in [0.1, 0.15) is 11.1 Å². The van der Waals surface area contributed by atoms with E-state index >= 15 is 0 Å². The summed E-state index contributed by atoms with van der Waals surface area (Å²) in [7, 11) is 1.78. The second-order valence-corrected chi connectivity index (χ2v) is 3.85. The van der Waals surface area contributed by atoms with E-state index < -0.39 is 0 Å². The molecule has 0 fully saturated rings. The summed E-state index contributed by atoms with van der Waals surface area (Å²) in [5, 5.41) is 2.89. The Balaban J connectivity index is 2.25. The Morgan fingerprint density at radius 2 is 1.82 bits per heavy atom. The van der Waals surface area contributed by atoms with Gasteiger partial charge < -0.3 is 10.1 Å². The van der Waals surface area contributed by atoms with E-state index in [0.29, 0.717) is 11.8 Å². The van der Waals surface area contributed by atoms with Gasteiger partial charge in [0.15, 0.2) is 0 Å². The molecule has 0 aliphatic carbocycles. The largest absolute Gasteiger partial charge is 0.439 e. The van der Waals surface area contributed by atoms with Crippen molar-refractivity contribution >= 4 is 5.95 Å². The van der Waals surface area contributed by atoms with Gasteiger partial charge in [-0.3, -0.25) is 0 Å². The zero-order chi connectivity index (χ0) is 12.3. The molecule has 0 atom stereocenters. The van der Waals surface area contributed by atoms with E-state index in [2.05, 4.69) is 15.3 Å². The van der Waals surface area contributed by atoms with Crippen molar-refractivity contribution in [3.8, 4) is 11.6 Å². The van der Waals surface area contributed by atoms with Crippen molar-refractivity contribution in [3.63, 3.8) is 0 Å². The van der Waals surface area contributed by atoms with E-state index in [1.54, 1.807) is 13.2 Å². The number of rotatable bonds is 3. The van der Waals surface area contributed by atoms with Crippen molar-refractivity contribution in [2.45, 2.75) is 13.8 Å². The molecule has 1 aromatic carbocycles. The van der Waals surface area contributed by atoms with Crippen LogP contribution in [0.4, 0.5) is 5.95 Å². The fraction of sp³-hybridized carbons (Fsp3) is 0.231. The third kappa shape index (κ3) is 2.72. The van der Waals surface area contributed by atoms with Crippen LogP contribution >= 0.6 is 0 Å². The maximum Gasteiger partial charge on any atom is 0.226 e. The van der Waals surface area contributed by atoms with Crippen molar-refractivity contribution < 1.29 is 4.74 Å². The molecule has 4 nitrogen and oxygen atoms in total. The second-order valence-electron chi connectivity index (χ2n) is 3.85. The monoisotopic (exact) mass is 229 g/mol. The number of hydrogen-bond donors (Lipinski definition) is 1. The van der Waals surface area contributed by atoms with Gasteiger partial charge in [-0.15, -0.1) is 0 Å². The number of benzene rings is 1. The van der Waals surface area contributed by atoms with Crippen LogP contribution in [0.25, 0.3) is 0 Å². The normalized spacial score (nSPS) is 10.1. The number of anilines is 1. The smallest absolute Gasteiger partial charge is 0.226 e. The van der Waals surface area contributed by atoms with Crippen LogP contribution in [-0.4, -0.2) is 17.0 Å². The summed E-state index contributed by atoms with van der Waals surface area (Å²) in [5.41, 5.74) is 2.11. The molecular weight excluding hydrogens is 214 g/mol. The summed E-state index contributed by atoms with van der Waals surface area (Å²) < 4.78 is 5.72. The lowest BCUT2D eigenvalue weighted by Gasteiger charge is -2.08. The van der Waals surface area contributed by atoms with Gasteiger partial charge in [-0.1, -0.05) is 17.7 Å². The van der Waals surface area contributed by atoms with Gasteiger partial charge in [0.05, 0.1) is 0 Å². The molecule has 0 bridgehead atoms. The van der Waals surface area contributed by atoms with Gasteiger partial charge in [0.25, 0.3) is 0 Å². The number of aromatic nitrogens is 2. The minimum atomic E-state index is 0.553. The number of ether oxygens (including phenoxy) is 1. The summed E-state index contributed by atoms with van der Waals surface area (Å²) in [5.74, 6) is 1.91. The van der Waals surface area contributed by atoms with E-state index in [0.717, 1.165) is 11.3 Å². The Morgan fingerprint density at radius 3 is 2.47 bits per heavy atom. The maximum absolute atomic E-state index is 5.72. The highest BCUT2D eigenvalue weighted by Crippen LogP contribution is 2.23. The molecule has 1 N–H and O–H groups in total. The molecule has 1 heterocycles. The van der Waals surface area contributed by atoms with E-state index in [1.807, 2.05) is 38.1 Å². The molecule has 1 aromatic heterocycles. The molecule has 88 valence electrons. The van der Waals surface area contributed by atoms with E-state index in [9.17, 15) is 0 Å². The SMILES string of the molecule is CNc1ncc(C)c(Oc2ccc(C)cc2)n1. The molecule has 0 aliphatic rings. The first kappa shape index (κ1) is 11.4. The third-order valence-electron chi connectivity index (χ3n) is 2.38. The average molecular weight is 229 g/mol. The molecule has 0 radical (unpaired) electrons. The molecule has 0 amide bonds. The van der Waals surface area contributed by atoms with Gasteiger partial charge in [-0.25, -0.2) is 4.98 Å². The number of nitrogens with one attached hydrogen (secondary N) is 1. The lowest BCUT2D eigenvalue weighted by Crippen LogP contribution is -1.99. The highest BCUT2D eigenvalue weighted by molar-refractivity contribution is 5.36. The van der Waals surface area contributed by atoms with Gasteiger partial charge in [0, 0.05) is 18.8 Å². The lowest BCUT2D eigenvalue weighted by molar-refractivity contribution is 0.458. The van der Waals surface area contributed by atoms with Gasteiger partial charge >= 0.3 is 0 Å². The quantitative estimate of drug-likeness (QED) is 0.879. The Labute approximate surface area is 101 Å². The highest BCUT2D eigenvalue weighted by atomic mass is 16.5. The third-order valence-corrected chi connectivity index (χ3v) is 2.38. The van der Waals surface area contributed by atoms with Gasteiger partial charge in [-0.05, 0) is 26.0 Å². The molecule has 0 spiro atoms. The predicted octanol–water partition coefficient (Wildman–Crippen LogP) is 2.93. The minimum Gasteiger partial charge on any atom is -0.439 e. The van der Waals surface area contributed by atoms with Crippen LogP contribution in [0.3, 0.4) is 0 Å². The van der Waals surface area contributed by atoms with E-state index in [4.69, 9.17) is 4.74 Å². The summed E-state index contributed by atoms with van der Waals surface area (Å²) in [6.45, 7) is 3.96. The van der Waals surface area contributed by atoms with Crippen molar-refractivity contribution in [2.24, 2.45) is 0 Å². The molecule has 0 unspecified atom stereocenters. The number of aryl methyl sites for hydroxylation is 2. The zero-order valence-corrected chi connectivity index (χ0v) is 10.2. The second kappa shape index (κ2) is 4.82. The van der Waals surface area contributed by atoms with Crippen LogP contribution in [0.2, 0.25) is 0 Å². The van der Waals surface area contributed by atoms with Gasteiger partial charge in [0.2, 0.25) is 11.8 Å². The van der Waals surface area contributed by atoms with Crippen LogP contribution in [-0.2, 0) is 0 Å². The minimum absolute atomic E-state index is 0.553. The van der Waals surface area contributed by atoms with Crippen molar-refractivity contribution in [1.82, 2.24) is 9.97 Å². The van der Waals surface area contributed by atoms with Crippen molar-refractivity contribution in [3.05, 3.63) is 41.6 Å². The molecule has 17 heavy (non-hydrogen) atoms. The zero-order valence-electron chi connectivity index (χ0n) is 10.2. The molecule has 0 saturated carbocycles. The molecule has 2 rings (SSSR count). The fourth-order valence-corrected chi connectivity index (χ4v) is 1.37. The van der Waals surface area contributed by atoms with E-state index in [1.165, 1.54) is 5.56 Å². The first-order chi connectivity index (χ1) is 8.19. The maximum atomic E-state index is 5.72. The Hall–Kier alpha value is -2.10. The first-order valence-corrected chi connectivity index (χ1v) is 5.45. The summed E-state index contributed by atoms with van der Waals surface area (Å²) in [6, 6.07) is 7.86. The van der Waals surface area contributed by atoms with Crippen molar-refractivity contribution in [2.75, 3.05) is 12.4 Å². The summed E-state index contributed by atoms with van der Waals surface area (Å²) in [6.07, 6.45) is 1.74. The Morgan fingerprint density at radius 1 is 1.12 bits per heavy atom. The molecular formula is C13H15N3O. The van der Waals surface area contributed by atoms with Gasteiger partial charge in [0.1, 0.15) is 5.75 Å². The predicted molar refractivity (Wildman–Crippen MR) is 67.6 cm³/mol. The van der Waals surface area contributed by atoms with Crippen LogP contribution < -0.4 is 10.1 Å². The van der Waals surface area contributed by atoms with Gasteiger partial charge in [-0.2, -0.15) is 4.98 Å². The van der Waals surface area contributed by atoms with Crippen LogP contribution in [0, 0.1) is 13.8 Å². The summed E-state index contributed by atoms with van der Waals surface area (Å²) in [4.78, 5) is 8.37. The van der Waals surface area contributed by atoms with E-state index in [-0.39, 0.29) is 0 Å². The molecule has 2 aromatic rings. The summed E-state index contributed by atoms with van der Waals surface area (Å²) >= 11 is 0. The molecule has 4 heteroatoms. The first-order valence-electron chi connectivity index (χ1n) is 5.45. The van der Waals surface area contributed by atoms with Crippen molar-refractivity contribution in [1.29, 1.82) is 0 Å². The Bertz CT molecular complexity index is 509. The van der Waals surface area contributed by atoms with Crippen LogP contribution in [0.5, 0.6) is 11.6 Å². The topological polar surface area (TPSA) is 47.0 Å². The standard InChI is InChI=1S/C13H15N3O/c1-9-4-6-11(7-5-9)17-12-10(2)8-15-13(14-3)16-12/h4-8H,1-3H3,(H,14,15,16). The number of hydrogen-bond acceptors (Lipinski definition) is 4. The highest BCUT2D eigenvalue weighted by Gasteiger charge is 2.05. The molecule has 0 saturated heterocycles.